The lowest BCUT2D eigenvalue weighted by Crippen LogP contribution is -2.13. The fraction of sp³-hybridized carbons (Fsp3) is 0.231. The molecule has 88 valence electrons. The van der Waals surface area contributed by atoms with E-state index in [1.807, 2.05) is 31.2 Å². The summed E-state index contributed by atoms with van der Waals surface area (Å²) in [6.45, 7) is 3.31. The summed E-state index contributed by atoms with van der Waals surface area (Å²) in [5, 5.41) is 3.08. The predicted molar refractivity (Wildman–Crippen MR) is 67.2 cm³/mol. The van der Waals surface area contributed by atoms with Gasteiger partial charge < -0.3 is 10.1 Å². The van der Waals surface area contributed by atoms with Crippen molar-refractivity contribution in [2.24, 2.45) is 0 Å². The Bertz CT molecular complexity index is 459. The first kappa shape index (κ1) is 11.4. The van der Waals surface area contributed by atoms with Crippen LogP contribution in [0.4, 0.5) is 5.95 Å². The van der Waals surface area contributed by atoms with Crippen molar-refractivity contribution in [1.82, 2.24) is 9.97 Å². The third-order valence-corrected chi connectivity index (χ3v) is 2.21. The van der Waals surface area contributed by atoms with Gasteiger partial charge in [0.1, 0.15) is 12.4 Å². The molecule has 0 saturated carbocycles. The lowest BCUT2D eigenvalue weighted by Gasteiger charge is -2.07. The molecule has 0 aliphatic rings. The van der Waals surface area contributed by atoms with Gasteiger partial charge in [0.15, 0.2) is 0 Å². The van der Waals surface area contributed by atoms with Gasteiger partial charge in [-0.1, -0.05) is 12.1 Å². The number of rotatable bonds is 5. The largest absolute Gasteiger partial charge is 0.492 e. The highest BCUT2D eigenvalue weighted by atomic mass is 16.5. The van der Waals surface area contributed by atoms with E-state index in [1.54, 1.807) is 18.5 Å². The molecule has 0 amide bonds. The van der Waals surface area contributed by atoms with E-state index in [-0.39, 0.29) is 0 Å². The molecule has 2 aromatic rings. The standard InChI is InChI=1S/C13H15N3O/c1-11-4-2-5-12(10-11)17-9-8-16-13-14-6-3-7-15-13/h2-7,10H,8-9H2,1H3,(H,14,15,16). The lowest BCUT2D eigenvalue weighted by molar-refractivity contribution is 0.332. The van der Waals surface area contributed by atoms with Gasteiger partial charge in [-0.25, -0.2) is 9.97 Å². The molecule has 1 N–H and O–H groups in total. The topological polar surface area (TPSA) is 47.0 Å². The number of hydrogen-bond donors (Lipinski definition) is 1. The van der Waals surface area contributed by atoms with Gasteiger partial charge in [0, 0.05) is 12.4 Å². The summed E-state index contributed by atoms with van der Waals surface area (Å²) in [6.07, 6.45) is 3.41. The van der Waals surface area contributed by atoms with E-state index in [2.05, 4.69) is 15.3 Å². The molecule has 2 rings (SSSR count). The van der Waals surface area contributed by atoms with Crippen LogP contribution in [0.1, 0.15) is 5.56 Å². The summed E-state index contributed by atoms with van der Waals surface area (Å²) < 4.78 is 5.59. The molecule has 0 unspecified atom stereocenters. The molecule has 17 heavy (non-hydrogen) atoms. The molecule has 4 nitrogen and oxygen atoms in total. The minimum Gasteiger partial charge on any atom is -0.492 e. The van der Waals surface area contributed by atoms with Gasteiger partial charge in [-0.2, -0.15) is 0 Å². The Balaban J connectivity index is 1.73. The van der Waals surface area contributed by atoms with E-state index in [0.717, 1.165) is 5.75 Å². The van der Waals surface area contributed by atoms with Gasteiger partial charge in [-0.15, -0.1) is 0 Å². The number of benzene rings is 1. The molecule has 1 aromatic carbocycles. The van der Waals surface area contributed by atoms with Crippen LogP contribution < -0.4 is 10.1 Å². The summed E-state index contributed by atoms with van der Waals surface area (Å²) in [5.74, 6) is 1.51. The maximum absolute atomic E-state index is 5.59. The van der Waals surface area contributed by atoms with E-state index in [0.29, 0.717) is 19.1 Å². The lowest BCUT2D eigenvalue weighted by atomic mass is 10.2. The van der Waals surface area contributed by atoms with E-state index in [9.17, 15) is 0 Å². The molecule has 0 saturated heterocycles. The quantitative estimate of drug-likeness (QED) is 0.799. The van der Waals surface area contributed by atoms with Crippen LogP contribution in [-0.4, -0.2) is 23.1 Å². The van der Waals surface area contributed by atoms with Crippen LogP contribution in [0, 0.1) is 6.92 Å². The van der Waals surface area contributed by atoms with Crippen molar-refractivity contribution in [3.05, 3.63) is 48.3 Å². The monoisotopic (exact) mass is 229 g/mol. The SMILES string of the molecule is Cc1cccc(OCCNc2ncccn2)c1. The second-order valence-corrected chi connectivity index (χ2v) is 3.66. The number of ether oxygens (including phenoxy) is 1. The van der Waals surface area contributed by atoms with E-state index < -0.39 is 0 Å². The van der Waals surface area contributed by atoms with Crippen molar-refractivity contribution in [3.8, 4) is 5.75 Å². The smallest absolute Gasteiger partial charge is 0.222 e. The Morgan fingerprint density at radius 3 is 2.76 bits per heavy atom. The number of nitrogens with one attached hydrogen (secondary N) is 1. The first-order valence-electron chi connectivity index (χ1n) is 5.55. The highest BCUT2D eigenvalue weighted by molar-refractivity contribution is 5.27. The Morgan fingerprint density at radius 2 is 2.00 bits per heavy atom. The first-order chi connectivity index (χ1) is 8.34. The minimum atomic E-state index is 0.585. The molecule has 1 heterocycles. The summed E-state index contributed by atoms with van der Waals surface area (Å²) in [6, 6.07) is 9.78. The number of anilines is 1. The summed E-state index contributed by atoms with van der Waals surface area (Å²) in [5.41, 5.74) is 1.20. The van der Waals surface area contributed by atoms with E-state index in [1.165, 1.54) is 5.56 Å². The van der Waals surface area contributed by atoms with Crippen molar-refractivity contribution < 1.29 is 4.74 Å². The Labute approximate surface area is 101 Å². The van der Waals surface area contributed by atoms with Crippen molar-refractivity contribution in [1.29, 1.82) is 0 Å². The zero-order chi connectivity index (χ0) is 11.9. The number of aryl methyl sites for hydroxylation is 1. The molecule has 0 atom stereocenters. The summed E-state index contributed by atoms with van der Waals surface area (Å²) in [7, 11) is 0. The molecule has 0 aliphatic carbocycles. The van der Waals surface area contributed by atoms with Crippen LogP contribution >= 0.6 is 0 Å². The van der Waals surface area contributed by atoms with Gasteiger partial charge in [0.2, 0.25) is 5.95 Å². The second kappa shape index (κ2) is 5.84. The maximum atomic E-state index is 5.59. The first-order valence-corrected chi connectivity index (χ1v) is 5.55. The zero-order valence-electron chi connectivity index (χ0n) is 9.76. The fourth-order valence-corrected chi connectivity index (χ4v) is 1.43. The number of hydrogen-bond acceptors (Lipinski definition) is 4. The second-order valence-electron chi connectivity index (χ2n) is 3.66. The zero-order valence-corrected chi connectivity index (χ0v) is 9.76. The van der Waals surface area contributed by atoms with Gasteiger partial charge in [-0.3, -0.25) is 0 Å². The molecule has 1 aromatic heterocycles. The van der Waals surface area contributed by atoms with Crippen LogP contribution in [0.15, 0.2) is 42.7 Å². The van der Waals surface area contributed by atoms with Gasteiger partial charge >= 0.3 is 0 Å². The average Bonchev–Trinajstić information content (AvgIpc) is 2.36. The molecule has 0 fully saturated rings. The summed E-state index contributed by atoms with van der Waals surface area (Å²) in [4.78, 5) is 8.12. The predicted octanol–water partition coefficient (Wildman–Crippen LogP) is 2.28. The minimum absolute atomic E-state index is 0.585. The van der Waals surface area contributed by atoms with Crippen molar-refractivity contribution in [2.75, 3.05) is 18.5 Å². The van der Waals surface area contributed by atoms with Crippen molar-refractivity contribution in [2.45, 2.75) is 6.92 Å². The molecular formula is C13H15N3O. The number of nitrogens with zero attached hydrogens (tertiary/aromatic N) is 2. The van der Waals surface area contributed by atoms with Crippen molar-refractivity contribution >= 4 is 5.95 Å². The van der Waals surface area contributed by atoms with Crippen molar-refractivity contribution in [3.63, 3.8) is 0 Å². The highest BCUT2D eigenvalue weighted by Crippen LogP contribution is 2.11. The average molecular weight is 229 g/mol. The molecule has 0 aliphatic heterocycles. The van der Waals surface area contributed by atoms with Gasteiger partial charge in [0.25, 0.3) is 0 Å². The van der Waals surface area contributed by atoms with Gasteiger partial charge in [0.05, 0.1) is 6.54 Å². The maximum Gasteiger partial charge on any atom is 0.222 e. The molecule has 4 heteroatoms. The molecule has 0 bridgehead atoms. The molecule has 0 spiro atoms. The number of aromatic nitrogens is 2. The van der Waals surface area contributed by atoms with Gasteiger partial charge in [-0.05, 0) is 30.7 Å². The highest BCUT2D eigenvalue weighted by Gasteiger charge is 1.95. The van der Waals surface area contributed by atoms with Crippen LogP contribution in [0.3, 0.4) is 0 Å². The van der Waals surface area contributed by atoms with E-state index in [4.69, 9.17) is 4.74 Å². The Kier molecular flexibility index (Phi) is 3.91. The van der Waals surface area contributed by atoms with Crippen LogP contribution in [0.2, 0.25) is 0 Å². The molecular weight excluding hydrogens is 214 g/mol. The molecule has 0 radical (unpaired) electrons. The van der Waals surface area contributed by atoms with Crippen LogP contribution in [-0.2, 0) is 0 Å². The normalized spacial score (nSPS) is 9.94. The van der Waals surface area contributed by atoms with Crippen LogP contribution in [0.25, 0.3) is 0 Å². The fourth-order valence-electron chi connectivity index (χ4n) is 1.43. The third kappa shape index (κ3) is 3.75. The Hall–Kier alpha value is -2.10. The summed E-state index contributed by atoms with van der Waals surface area (Å²) >= 11 is 0. The Morgan fingerprint density at radius 1 is 1.18 bits per heavy atom. The van der Waals surface area contributed by atoms with Crippen LogP contribution in [0.5, 0.6) is 5.75 Å². The third-order valence-electron chi connectivity index (χ3n) is 2.21. The van der Waals surface area contributed by atoms with E-state index >= 15 is 0 Å².